The molecule has 27 heavy (non-hydrogen) atoms. The van der Waals surface area contributed by atoms with Crippen molar-refractivity contribution in [1.29, 1.82) is 0 Å². The molecule has 1 fully saturated rings. The van der Waals surface area contributed by atoms with E-state index in [1.807, 2.05) is 42.2 Å². The minimum atomic E-state index is -0.497. The molecule has 0 bridgehead atoms. The molecule has 0 radical (unpaired) electrons. The second kappa shape index (κ2) is 8.85. The topological polar surface area (TPSA) is 32.8 Å². The molecule has 1 heterocycles. The van der Waals surface area contributed by atoms with Crippen LogP contribution in [0.2, 0.25) is 10.0 Å². The number of amides is 1. The molecule has 2 aromatic carbocycles. The van der Waals surface area contributed by atoms with Crippen LogP contribution in [-0.2, 0) is 4.79 Å². The van der Waals surface area contributed by atoms with Gasteiger partial charge in [-0.1, -0.05) is 42.3 Å². The predicted octanol–water partition coefficient (Wildman–Crippen LogP) is 4.81. The van der Waals surface area contributed by atoms with Crippen LogP contribution in [0, 0.1) is 6.92 Å². The molecule has 3 rings (SSSR count). The van der Waals surface area contributed by atoms with Crippen LogP contribution in [0.5, 0.6) is 5.75 Å². The van der Waals surface area contributed by atoms with E-state index >= 15 is 0 Å². The maximum Gasteiger partial charge on any atom is 0.263 e. The Bertz CT molecular complexity index is 805. The summed E-state index contributed by atoms with van der Waals surface area (Å²) in [5, 5.41) is 1.33. The number of carbonyl (C=O) groups excluding carboxylic acids is 1. The lowest BCUT2D eigenvalue weighted by atomic mass is 10.1. The van der Waals surface area contributed by atoms with Gasteiger partial charge in [-0.15, -0.1) is 0 Å². The summed E-state index contributed by atoms with van der Waals surface area (Å²) < 4.78 is 5.90. The highest BCUT2D eigenvalue weighted by atomic mass is 35.5. The summed E-state index contributed by atoms with van der Waals surface area (Å²) in [4.78, 5) is 17.1. The summed E-state index contributed by atoms with van der Waals surface area (Å²) >= 11 is 12.2. The van der Waals surface area contributed by atoms with E-state index in [2.05, 4.69) is 11.8 Å². The van der Waals surface area contributed by atoms with Crippen LogP contribution in [0.25, 0.3) is 0 Å². The summed E-state index contributed by atoms with van der Waals surface area (Å²) in [5.41, 5.74) is 2.33. The molecule has 0 aliphatic carbocycles. The molecule has 0 aromatic heterocycles. The molecule has 1 atom stereocenters. The largest absolute Gasteiger partial charge is 0.481 e. The van der Waals surface area contributed by atoms with Gasteiger partial charge in [-0.25, -0.2) is 0 Å². The van der Waals surface area contributed by atoms with Gasteiger partial charge in [0.15, 0.2) is 6.10 Å². The molecule has 0 N–H and O–H groups in total. The number of aryl methyl sites for hydroxylation is 1. The van der Waals surface area contributed by atoms with Crippen LogP contribution in [0.15, 0.2) is 42.5 Å². The van der Waals surface area contributed by atoms with Gasteiger partial charge in [0.05, 0.1) is 0 Å². The van der Waals surface area contributed by atoms with Crippen molar-refractivity contribution in [2.75, 3.05) is 31.1 Å². The quantitative estimate of drug-likeness (QED) is 0.713. The lowest BCUT2D eigenvalue weighted by molar-refractivity contribution is -0.139. The Labute approximate surface area is 170 Å². The number of nitrogens with zero attached hydrogens (tertiary/aromatic N) is 2. The first kappa shape index (κ1) is 19.8. The number of piperazine rings is 1. The molecule has 0 spiro atoms. The minimum Gasteiger partial charge on any atom is -0.481 e. The molecule has 1 saturated heterocycles. The zero-order valence-electron chi connectivity index (χ0n) is 15.6. The Morgan fingerprint density at radius 1 is 1.07 bits per heavy atom. The molecule has 144 valence electrons. The first-order chi connectivity index (χ1) is 13.0. The number of hydrogen-bond acceptors (Lipinski definition) is 3. The van der Waals surface area contributed by atoms with Crippen molar-refractivity contribution >= 4 is 34.8 Å². The SMILES string of the molecule is CCC(Oc1cccc(Cl)c1)C(=O)N1CCN(c2cc(Cl)ccc2C)CC1. The van der Waals surface area contributed by atoms with Crippen molar-refractivity contribution in [1.82, 2.24) is 4.90 Å². The van der Waals surface area contributed by atoms with Crippen molar-refractivity contribution in [3.05, 3.63) is 58.1 Å². The maximum atomic E-state index is 12.9. The first-order valence-electron chi connectivity index (χ1n) is 9.20. The summed E-state index contributed by atoms with van der Waals surface area (Å²) in [6.07, 6.45) is 0.113. The van der Waals surface area contributed by atoms with Gasteiger partial charge in [0.1, 0.15) is 5.75 Å². The van der Waals surface area contributed by atoms with Gasteiger partial charge in [0.2, 0.25) is 0 Å². The van der Waals surface area contributed by atoms with E-state index in [4.69, 9.17) is 27.9 Å². The fourth-order valence-corrected chi connectivity index (χ4v) is 3.65. The third-order valence-electron chi connectivity index (χ3n) is 4.82. The Morgan fingerprint density at radius 2 is 1.78 bits per heavy atom. The second-order valence-electron chi connectivity index (χ2n) is 6.72. The highest BCUT2D eigenvalue weighted by Gasteiger charge is 2.28. The Kier molecular flexibility index (Phi) is 6.51. The van der Waals surface area contributed by atoms with E-state index in [1.54, 1.807) is 12.1 Å². The molecule has 1 aliphatic heterocycles. The molecular weight excluding hydrogens is 383 g/mol. The highest BCUT2D eigenvalue weighted by molar-refractivity contribution is 6.31. The Hall–Kier alpha value is -1.91. The number of hydrogen-bond donors (Lipinski definition) is 0. The van der Waals surface area contributed by atoms with Gasteiger partial charge < -0.3 is 14.5 Å². The van der Waals surface area contributed by atoms with Crippen molar-refractivity contribution < 1.29 is 9.53 Å². The number of ether oxygens (including phenoxy) is 1. The van der Waals surface area contributed by atoms with E-state index < -0.39 is 6.10 Å². The lowest BCUT2D eigenvalue weighted by Crippen LogP contribution is -2.52. The van der Waals surface area contributed by atoms with Crippen LogP contribution in [-0.4, -0.2) is 43.1 Å². The number of carbonyl (C=O) groups is 1. The fourth-order valence-electron chi connectivity index (χ4n) is 3.31. The van der Waals surface area contributed by atoms with E-state index in [1.165, 1.54) is 5.56 Å². The fraction of sp³-hybridized carbons (Fsp3) is 0.381. The molecule has 1 unspecified atom stereocenters. The summed E-state index contributed by atoms with van der Waals surface area (Å²) in [7, 11) is 0. The van der Waals surface area contributed by atoms with Crippen molar-refractivity contribution in [3.63, 3.8) is 0 Å². The lowest BCUT2D eigenvalue weighted by Gasteiger charge is -2.38. The molecule has 1 aliphatic rings. The molecule has 1 amide bonds. The molecule has 0 saturated carbocycles. The van der Waals surface area contributed by atoms with Gasteiger partial charge in [-0.05, 0) is 49.2 Å². The third-order valence-corrected chi connectivity index (χ3v) is 5.29. The second-order valence-corrected chi connectivity index (χ2v) is 7.59. The average molecular weight is 407 g/mol. The van der Waals surface area contributed by atoms with Crippen molar-refractivity contribution in [2.24, 2.45) is 0 Å². The number of benzene rings is 2. The Morgan fingerprint density at radius 3 is 2.44 bits per heavy atom. The van der Waals surface area contributed by atoms with E-state index in [0.717, 1.165) is 23.8 Å². The number of rotatable bonds is 5. The van der Waals surface area contributed by atoms with Crippen molar-refractivity contribution in [3.8, 4) is 5.75 Å². The van der Waals surface area contributed by atoms with Crippen LogP contribution in [0.4, 0.5) is 5.69 Å². The smallest absolute Gasteiger partial charge is 0.263 e. The summed E-state index contributed by atoms with van der Waals surface area (Å²) in [5.74, 6) is 0.649. The number of halogens is 2. The average Bonchev–Trinajstić information content (AvgIpc) is 2.68. The van der Waals surface area contributed by atoms with Gasteiger partial charge in [-0.3, -0.25) is 4.79 Å². The molecule has 4 nitrogen and oxygen atoms in total. The third kappa shape index (κ3) is 4.88. The summed E-state index contributed by atoms with van der Waals surface area (Å²) in [6, 6.07) is 13.1. The molecule has 6 heteroatoms. The molecule has 2 aromatic rings. The Balaban J connectivity index is 1.62. The van der Waals surface area contributed by atoms with Crippen molar-refractivity contribution in [2.45, 2.75) is 26.4 Å². The monoisotopic (exact) mass is 406 g/mol. The molecular formula is C21H24Cl2N2O2. The predicted molar refractivity (Wildman–Crippen MR) is 111 cm³/mol. The van der Waals surface area contributed by atoms with Gasteiger partial charge in [-0.2, -0.15) is 0 Å². The van der Waals surface area contributed by atoms with Crippen LogP contribution in [0.1, 0.15) is 18.9 Å². The van der Waals surface area contributed by atoms with Gasteiger partial charge >= 0.3 is 0 Å². The summed E-state index contributed by atoms with van der Waals surface area (Å²) in [6.45, 7) is 6.93. The van der Waals surface area contributed by atoms with E-state index in [9.17, 15) is 4.79 Å². The van der Waals surface area contributed by atoms with Crippen LogP contribution >= 0.6 is 23.2 Å². The van der Waals surface area contributed by atoms with Gasteiger partial charge in [0.25, 0.3) is 5.91 Å². The number of anilines is 1. The highest BCUT2D eigenvalue weighted by Crippen LogP contribution is 2.26. The minimum absolute atomic E-state index is 0.0277. The van der Waals surface area contributed by atoms with E-state index in [0.29, 0.717) is 30.3 Å². The first-order valence-corrected chi connectivity index (χ1v) is 9.95. The van der Waals surface area contributed by atoms with Crippen LogP contribution < -0.4 is 9.64 Å². The maximum absolute atomic E-state index is 12.9. The zero-order valence-corrected chi connectivity index (χ0v) is 17.1. The normalized spacial score (nSPS) is 15.6. The standard InChI is InChI=1S/C21H24Cl2N2O2/c1-3-20(27-18-6-4-5-16(22)13-18)21(26)25-11-9-24(10-12-25)19-14-17(23)8-7-15(19)2/h4-8,13-14,20H,3,9-12H2,1-2H3. The van der Waals surface area contributed by atoms with Crippen LogP contribution in [0.3, 0.4) is 0 Å². The van der Waals surface area contributed by atoms with E-state index in [-0.39, 0.29) is 5.91 Å². The van der Waals surface area contributed by atoms with Gasteiger partial charge in [0, 0.05) is 41.9 Å². The zero-order chi connectivity index (χ0) is 19.4.